The average molecular weight is 847 g/mol. The summed E-state index contributed by atoms with van der Waals surface area (Å²) in [6.45, 7) is 4.01. The van der Waals surface area contributed by atoms with Crippen molar-refractivity contribution in [2.45, 2.75) is 148 Å². The molecule has 0 aromatic carbocycles. The van der Waals surface area contributed by atoms with E-state index in [-0.39, 0.29) is 26.1 Å². The van der Waals surface area contributed by atoms with E-state index in [1.54, 1.807) is 0 Å². The van der Waals surface area contributed by atoms with Crippen molar-refractivity contribution in [2.75, 3.05) is 47.5 Å². The molecular formula is C48H81NO9P+. The Hall–Kier alpha value is -3.11. The number of ether oxygens (including phenoxy) is 2. The van der Waals surface area contributed by atoms with E-state index in [4.69, 9.17) is 18.5 Å². The van der Waals surface area contributed by atoms with E-state index >= 15 is 0 Å². The number of unbranched alkanes of at least 4 members (excludes halogenated alkanes) is 8. The molecule has 2 unspecified atom stereocenters. The average Bonchev–Trinajstić information content (AvgIpc) is 3.18. The third-order valence-electron chi connectivity index (χ3n) is 8.67. The molecular weight excluding hydrogens is 765 g/mol. The standard InChI is InChI=1S/C48H80NO9P/c1-6-8-10-11-12-13-14-15-16-17-18-19-24-27-30-33-36-40-48(52)58-46(44-57-59(53,54)56-42-41-49(3,4)5)43-55-47(51)39-35-32-29-26-23-21-20-22-25-28-31-34-38-45(50)37-9-7-2/h9,15-16,18-21,25-31,34,37,45-46,50H,6-8,10-14,17,22-24,32-33,35-36,38-44H2,1-5H3/p+1/b16-15-,19-18-,21-20-,28-25-,29-26-,30-27-,34-31+,37-9-/t45?,46-/m1/s1. The lowest BCUT2D eigenvalue weighted by molar-refractivity contribution is -0.870. The van der Waals surface area contributed by atoms with Crippen molar-refractivity contribution in [3.8, 4) is 0 Å². The first-order chi connectivity index (χ1) is 28.4. The summed E-state index contributed by atoms with van der Waals surface area (Å²) in [6.07, 6.45) is 48.2. The van der Waals surface area contributed by atoms with Crippen LogP contribution >= 0.6 is 7.82 Å². The lowest BCUT2D eigenvalue weighted by atomic mass is 10.1. The molecule has 0 aliphatic rings. The molecule has 10 nitrogen and oxygen atoms in total. The molecule has 0 saturated carbocycles. The molecule has 0 aromatic rings. The topological polar surface area (TPSA) is 129 Å². The summed E-state index contributed by atoms with van der Waals surface area (Å²) in [7, 11) is 1.37. The summed E-state index contributed by atoms with van der Waals surface area (Å²) in [5, 5.41) is 9.77. The molecule has 11 heteroatoms. The van der Waals surface area contributed by atoms with Crippen LogP contribution in [0, 0.1) is 0 Å². The molecule has 336 valence electrons. The minimum absolute atomic E-state index is 0.00111. The van der Waals surface area contributed by atoms with Gasteiger partial charge in [-0.25, -0.2) is 4.57 Å². The summed E-state index contributed by atoms with van der Waals surface area (Å²) in [5.74, 6) is -0.963. The normalized spacial score (nSPS) is 15.0. The van der Waals surface area contributed by atoms with Gasteiger partial charge in [-0.2, -0.15) is 0 Å². The van der Waals surface area contributed by atoms with E-state index in [1.165, 1.54) is 38.5 Å². The van der Waals surface area contributed by atoms with E-state index in [0.29, 0.717) is 43.1 Å². The van der Waals surface area contributed by atoms with E-state index < -0.39 is 38.6 Å². The highest BCUT2D eigenvalue weighted by Crippen LogP contribution is 2.43. The fourth-order valence-electron chi connectivity index (χ4n) is 5.20. The Morgan fingerprint density at radius 1 is 0.627 bits per heavy atom. The Bertz CT molecular complexity index is 1340. The number of aliphatic hydroxyl groups excluding tert-OH is 1. The number of esters is 2. The second-order valence-corrected chi connectivity index (χ2v) is 17.0. The molecule has 2 N–H and O–H groups in total. The van der Waals surface area contributed by atoms with Crippen LogP contribution in [0.2, 0.25) is 0 Å². The van der Waals surface area contributed by atoms with Crippen LogP contribution in [-0.4, -0.2) is 86.1 Å². The third-order valence-corrected chi connectivity index (χ3v) is 9.66. The van der Waals surface area contributed by atoms with Gasteiger partial charge in [-0.05, 0) is 77.0 Å². The van der Waals surface area contributed by atoms with Crippen molar-refractivity contribution < 1.29 is 47.2 Å². The predicted molar refractivity (Wildman–Crippen MR) is 244 cm³/mol. The first-order valence-electron chi connectivity index (χ1n) is 22.1. The zero-order chi connectivity index (χ0) is 43.7. The number of likely N-dealkylation sites (N-methyl/N-ethyl adjacent to an activating group) is 1. The van der Waals surface area contributed by atoms with Gasteiger partial charge in [0.1, 0.15) is 19.8 Å². The van der Waals surface area contributed by atoms with Crippen molar-refractivity contribution in [3.05, 3.63) is 97.2 Å². The highest BCUT2D eigenvalue weighted by Gasteiger charge is 2.27. The number of carbonyl (C=O) groups excluding carboxylic acids is 2. The van der Waals surface area contributed by atoms with Crippen molar-refractivity contribution in [2.24, 2.45) is 0 Å². The van der Waals surface area contributed by atoms with Crippen LogP contribution in [0.4, 0.5) is 0 Å². The number of carbonyl (C=O) groups is 2. The maximum atomic E-state index is 12.7. The first kappa shape index (κ1) is 55.9. The van der Waals surface area contributed by atoms with Crippen LogP contribution in [0.5, 0.6) is 0 Å². The Balaban J connectivity index is 4.59. The van der Waals surface area contributed by atoms with E-state index in [0.717, 1.165) is 38.5 Å². The van der Waals surface area contributed by atoms with Crippen LogP contribution in [0.3, 0.4) is 0 Å². The van der Waals surface area contributed by atoms with Crippen molar-refractivity contribution >= 4 is 19.8 Å². The molecule has 59 heavy (non-hydrogen) atoms. The minimum atomic E-state index is -4.42. The molecule has 0 bridgehead atoms. The molecule has 3 atom stereocenters. The molecule has 0 amide bonds. The number of nitrogens with zero attached hydrogens (tertiary/aromatic N) is 1. The summed E-state index contributed by atoms with van der Waals surface area (Å²) in [4.78, 5) is 35.3. The maximum absolute atomic E-state index is 12.7. The quantitative estimate of drug-likeness (QED) is 0.0156. The maximum Gasteiger partial charge on any atom is 0.472 e. The summed E-state index contributed by atoms with van der Waals surface area (Å²) < 4.78 is 34.1. The monoisotopic (exact) mass is 847 g/mol. The minimum Gasteiger partial charge on any atom is -0.462 e. The number of allylic oxidation sites excluding steroid dienone is 14. The summed E-state index contributed by atoms with van der Waals surface area (Å²) in [5.41, 5.74) is 0. The molecule has 0 aromatic heterocycles. The summed E-state index contributed by atoms with van der Waals surface area (Å²) >= 11 is 0. The van der Waals surface area contributed by atoms with Crippen LogP contribution < -0.4 is 0 Å². The molecule has 0 radical (unpaired) electrons. The lowest BCUT2D eigenvalue weighted by Gasteiger charge is -2.24. The zero-order valence-electron chi connectivity index (χ0n) is 37.3. The van der Waals surface area contributed by atoms with Crippen molar-refractivity contribution in [3.63, 3.8) is 0 Å². The van der Waals surface area contributed by atoms with Crippen LogP contribution in [0.25, 0.3) is 0 Å². The van der Waals surface area contributed by atoms with Gasteiger partial charge < -0.3 is 24.0 Å². The van der Waals surface area contributed by atoms with Gasteiger partial charge in [0, 0.05) is 12.8 Å². The van der Waals surface area contributed by atoms with Gasteiger partial charge in [0.15, 0.2) is 6.10 Å². The molecule has 0 aliphatic heterocycles. The third kappa shape index (κ3) is 42.8. The number of quaternary nitrogens is 1. The number of hydrogen-bond donors (Lipinski definition) is 2. The highest BCUT2D eigenvalue weighted by atomic mass is 31.2. The van der Waals surface area contributed by atoms with E-state index in [1.807, 2.05) is 76.7 Å². The number of phosphoric ester groups is 1. The van der Waals surface area contributed by atoms with Crippen molar-refractivity contribution in [1.82, 2.24) is 0 Å². The molecule has 0 saturated heterocycles. The first-order valence-corrected chi connectivity index (χ1v) is 23.6. The van der Waals surface area contributed by atoms with Crippen LogP contribution in [0.15, 0.2) is 97.2 Å². The number of rotatable bonds is 38. The second kappa shape index (κ2) is 39.1. The van der Waals surface area contributed by atoms with Crippen LogP contribution in [0.1, 0.15) is 136 Å². The molecule has 0 spiro atoms. The fraction of sp³-hybridized carbons (Fsp3) is 0.625. The van der Waals surface area contributed by atoms with Gasteiger partial charge in [-0.1, -0.05) is 143 Å². The SMILES string of the molecule is CC/C=C\C(O)C/C=C/C=C\C/C=C\C/C=C\CCCC(=O)OC[C@H](COP(=O)(O)OCC[N+](C)(C)C)OC(=O)CCC/C=C\C/C=C\C/C=C\CCCCCCCC. The van der Waals surface area contributed by atoms with Gasteiger partial charge in [-0.15, -0.1) is 0 Å². The second-order valence-electron chi connectivity index (χ2n) is 15.5. The van der Waals surface area contributed by atoms with Gasteiger partial charge >= 0.3 is 19.8 Å². The number of phosphoric acid groups is 1. The van der Waals surface area contributed by atoms with Gasteiger partial charge in [0.2, 0.25) is 0 Å². The Morgan fingerprint density at radius 2 is 1.15 bits per heavy atom. The number of aliphatic hydroxyl groups is 1. The molecule has 0 aliphatic carbocycles. The van der Waals surface area contributed by atoms with Crippen LogP contribution in [-0.2, 0) is 32.7 Å². The zero-order valence-corrected chi connectivity index (χ0v) is 38.2. The smallest absolute Gasteiger partial charge is 0.462 e. The molecule has 0 heterocycles. The molecule has 0 fully saturated rings. The largest absolute Gasteiger partial charge is 0.472 e. The molecule has 0 rings (SSSR count). The summed E-state index contributed by atoms with van der Waals surface area (Å²) in [6, 6.07) is 0. The highest BCUT2D eigenvalue weighted by molar-refractivity contribution is 7.47. The van der Waals surface area contributed by atoms with E-state index in [9.17, 15) is 24.2 Å². The predicted octanol–water partition coefficient (Wildman–Crippen LogP) is 11.5. The lowest BCUT2D eigenvalue weighted by Crippen LogP contribution is -2.37. The van der Waals surface area contributed by atoms with Gasteiger partial charge in [-0.3, -0.25) is 18.6 Å². The van der Waals surface area contributed by atoms with Gasteiger partial charge in [0.25, 0.3) is 0 Å². The fourth-order valence-corrected chi connectivity index (χ4v) is 5.94. The number of hydrogen-bond acceptors (Lipinski definition) is 8. The Morgan fingerprint density at radius 3 is 1.75 bits per heavy atom. The van der Waals surface area contributed by atoms with E-state index in [2.05, 4.69) is 55.5 Å². The van der Waals surface area contributed by atoms with Gasteiger partial charge in [0.05, 0.1) is 33.9 Å². The van der Waals surface area contributed by atoms with Crippen molar-refractivity contribution in [1.29, 1.82) is 0 Å². The Kier molecular flexibility index (Phi) is 37.0. The Labute approximate surface area is 358 Å².